The Kier molecular flexibility index (Phi) is 4.55. The smallest absolute Gasteiger partial charge is 0.191 e. The number of hydrogen-bond donors (Lipinski definition) is 2. The monoisotopic (exact) mass is 316 g/mol. The topological polar surface area (TPSA) is 67.1 Å². The van der Waals surface area contributed by atoms with Crippen LogP contribution >= 0.6 is 0 Å². The van der Waals surface area contributed by atoms with Gasteiger partial charge in [0.15, 0.2) is 11.8 Å². The minimum absolute atomic E-state index is 0.189. The predicted molar refractivity (Wildman–Crippen MR) is 86.5 cm³/mol. The molecule has 0 unspecified atom stereocenters. The zero-order chi connectivity index (χ0) is 16.2. The zero-order valence-corrected chi connectivity index (χ0v) is 13.4. The first kappa shape index (κ1) is 15.5. The Balaban J connectivity index is 1.55. The molecule has 1 aliphatic heterocycles. The van der Waals surface area contributed by atoms with Crippen molar-refractivity contribution in [2.24, 2.45) is 4.99 Å². The maximum absolute atomic E-state index is 13.6. The highest BCUT2D eigenvalue weighted by Crippen LogP contribution is 2.13. The fraction of sp³-hybridized carbons (Fsp3) is 0.438. The van der Waals surface area contributed by atoms with E-state index in [1.165, 1.54) is 0 Å². The highest BCUT2D eigenvalue weighted by Gasteiger charge is 2.17. The second kappa shape index (κ2) is 6.76. The van der Waals surface area contributed by atoms with Crippen LogP contribution in [0.1, 0.15) is 29.2 Å². The van der Waals surface area contributed by atoms with E-state index in [9.17, 15) is 4.39 Å². The molecule has 2 aromatic rings. The van der Waals surface area contributed by atoms with E-state index in [2.05, 4.69) is 30.4 Å². The van der Waals surface area contributed by atoms with Gasteiger partial charge in [-0.2, -0.15) is 0 Å². The quantitative estimate of drug-likeness (QED) is 0.663. The lowest BCUT2D eigenvalue weighted by Crippen LogP contribution is -2.37. The Bertz CT molecular complexity index is 721. The Morgan fingerprint density at radius 3 is 2.91 bits per heavy atom. The second-order valence-electron chi connectivity index (χ2n) is 5.65. The molecule has 0 spiro atoms. The number of nitrogens with zero attached hydrogens (tertiary/aromatic N) is 4. The fourth-order valence-corrected chi connectivity index (χ4v) is 2.66. The first-order valence-electron chi connectivity index (χ1n) is 7.78. The van der Waals surface area contributed by atoms with Gasteiger partial charge < -0.3 is 15.2 Å². The van der Waals surface area contributed by atoms with Gasteiger partial charge in [-0.3, -0.25) is 4.99 Å². The third kappa shape index (κ3) is 3.49. The average molecular weight is 316 g/mol. The molecule has 23 heavy (non-hydrogen) atoms. The number of hydrogen-bond acceptors (Lipinski definition) is 3. The summed E-state index contributed by atoms with van der Waals surface area (Å²) in [5.74, 6) is 2.44. The van der Waals surface area contributed by atoms with Crippen molar-refractivity contribution in [1.82, 2.24) is 25.4 Å². The highest BCUT2D eigenvalue weighted by atomic mass is 19.1. The Morgan fingerprint density at radius 1 is 1.30 bits per heavy atom. The summed E-state index contributed by atoms with van der Waals surface area (Å²) in [6.45, 7) is 3.81. The summed E-state index contributed by atoms with van der Waals surface area (Å²) in [4.78, 5) is 4.18. The van der Waals surface area contributed by atoms with Crippen molar-refractivity contribution >= 4 is 5.96 Å². The summed E-state index contributed by atoms with van der Waals surface area (Å²) in [5, 5.41) is 14.8. The number of guanidine groups is 1. The lowest BCUT2D eigenvalue weighted by molar-refractivity contribution is 0.615. The number of aromatic nitrogens is 3. The van der Waals surface area contributed by atoms with Crippen LogP contribution in [0.2, 0.25) is 0 Å². The number of aliphatic imine (C=N–C) groups is 1. The van der Waals surface area contributed by atoms with E-state index in [0.717, 1.165) is 36.6 Å². The van der Waals surface area contributed by atoms with Crippen LogP contribution in [0.3, 0.4) is 0 Å². The molecule has 0 saturated heterocycles. The molecule has 1 aromatic carbocycles. The summed E-state index contributed by atoms with van der Waals surface area (Å²) in [6.07, 6.45) is 2.13. The number of nitrogens with one attached hydrogen (secondary N) is 2. The summed E-state index contributed by atoms with van der Waals surface area (Å²) < 4.78 is 15.7. The second-order valence-corrected chi connectivity index (χ2v) is 5.65. The Morgan fingerprint density at radius 2 is 2.13 bits per heavy atom. The molecule has 7 heteroatoms. The molecule has 3 rings (SSSR count). The van der Waals surface area contributed by atoms with Gasteiger partial charge >= 0.3 is 0 Å². The van der Waals surface area contributed by atoms with Crippen LogP contribution in [0.25, 0.3) is 0 Å². The lowest BCUT2D eigenvalue weighted by Gasteiger charge is -2.12. The summed E-state index contributed by atoms with van der Waals surface area (Å²) in [6, 6.07) is 5.23. The molecule has 0 radical (unpaired) electrons. The maximum Gasteiger partial charge on any atom is 0.191 e. The van der Waals surface area contributed by atoms with Crippen LogP contribution in [0.4, 0.5) is 4.39 Å². The first-order chi connectivity index (χ1) is 11.2. The number of aryl methyl sites for hydroxylation is 2. The van der Waals surface area contributed by atoms with Gasteiger partial charge in [-0.05, 0) is 30.5 Å². The third-order valence-corrected chi connectivity index (χ3v) is 4.02. The normalized spacial score (nSPS) is 14.0. The maximum atomic E-state index is 13.6. The van der Waals surface area contributed by atoms with Gasteiger partial charge in [0.25, 0.3) is 0 Å². The van der Waals surface area contributed by atoms with Crippen molar-refractivity contribution < 1.29 is 4.39 Å². The largest absolute Gasteiger partial charge is 0.352 e. The fourth-order valence-electron chi connectivity index (χ4n) is 2.66. The minimum atomic E-state index is -0.189. The minimum Gasteiger partial charge on any atom is -0.352 e. The third-order valence-electron chi connectivity index (χ3n) is 4.02. The van der Waals surface area contributed by atoms with Gasteiger partial charge in [0.05, 0.1) is 6.54 Å². The van der Waals surface area contributed by atoms with Gasteiger partial charge in [-0.15, -0.1) is 10.2 Å². The zero-order valence-electron chi connectivity index (χ0n) is 13.4. The van der Waals surface area contributed by atoms with Crippen LogP contribution in [-0.2, 0) is 26.1 Å². The highest BCUT2D eigenvalue weighted by molar-refractivity contribution is 5.79. The van der Waals surface area contributed by atoms with E-state index in [1.54, 1.807) is 26.1 Å². The molecule has 1 aliphatic rings. The Hall–Kier alpha value is -2.44. The number of rotatable bonds is 4. The van der Waals surface area contributed by atoms with Crippen molar-refractivity contribution in [3.05, 3.63) is 46.8 Å². The van der Waals surface area contributed by atoms with Crippen molar-refractivity contribution in [3.63, 3.8) is 0 Å². The van der Waals surface area contributed by atoms with Crippen LogP contribution < -0.4 is 10.6 Å². The average Bonchev–Trinajstić information content (AvgIpc) is 3.15. The van der Waals surface area contributed by atoms with Crippen LogP contribution in [0.5, 0.6) is 0 Å². The summed E-state index contributed by atoms with van der Waals surface area (Å²) >= 11 is 0. The first-order valence-corrected chi connectivity index (χ1v) is 7.78. The van der Waals surface area contributed by atoms with Crippen molar-refractivity contribution in [3.8, 4) is 0 Å². The molecule has 2 N–H and O–H groups in total. The number of benzene rings is 1. The molecule has 0 aliphatic carbocycles. The van der Waals surface area contributed by atoms with Crippen molar-refractivity contribution in [2.45, 2.75) is 39.4 Å². The molecule has 122 valence electrons. The Labute approximate surface area is 134 Å². The van der Waals surface area contributed by atoms with Gasteiger partial charge in [0, 0.05) is 26.6 Å². The van der Waals surface area contributed by atoms with E-state index in [1.807, 2.05) is 6.07 Å². The molecule has 2 heterocycles. The van der Waals surface area contributed by atoms with E-state index in [0.29, 0.717) is 24.6 Å². The van der Waals surface area contributed by atoms with Gasteiger partial charge in [-0.25, -0.2) is 4.39 Å². The summed E-state index contributed by atoms with van der Waals surface area (Å²) in [7, 11) is 1.71. The molecule has 6 nitrogen and oxygen atoms in total. The molecule has 0 amide bonds. The standard InChI is InChI=1S/C16H21FN6/c1-11-5-6-12(8-13(11)17)9-19-16(18-2)20-10-15-22-21-14-4-3-7-23(14)15/h5-6,8H,3-4,7,9-10H2,1-2H3,(H2,18,19,20). The number of fused-ring (bicyclic) bond motifs is 1. The molecular weight excluding hydrogens is 295 g/mol. The molecule has 0 bridgehead atoms. The van der Waals surface area contributed by atoms with E-state index < -0.39 is 0 Å². The lowest BCUT2D eigenvalue weighted by atomic mass is 10.1. The van der Waals surface area contributed by atoms with Crippen LogP contribution in [0, 0.1) is 12.7 Å². The van der Waals surface area contributed by atoms with Gasteiger partial charge in [0.2, 0.25) is 0 Å². The molecule has 0 fully saturated rings. The molecule has 0 atom stereocenters. The van der Waals surface area contributed by atoms with Gasteiger partial charge in [0.1, 0.15) is 11.6 Å². The van der Waals surface area contributed by atoms with E-state index in [-0.39, 0.29) is 5.82 Å². The van der Waals surface area contributed by atoms with E-state index >= 15 is 0 Å². The van der Waals surface area contributed by atoms with Crippen molar-refractivity contribution in [2.75, 3.05) is 7.05 Å². The van der Waals surface area contributed by atoms with E-state index in [4.69, 9.17) is 0 Å². The summed E-state index contributed by atoms with van der Waals surface area (Å²) in [5.41, 5.74) is 1.52. The molecule has 1 aromatic heterocycles. The van der Waals surface area contributed by atoms with Crippen molar-refractivity contribution in [1.29, 1.82) is 0 Å². The van der Waals surface area contributed by atoms with Crippen LogP contribution in [-0.4, -0.2) is 27.8 Å². The molecular formula is C16H21FN6. The van der Waals surface area contributed by atoms with Crippen LogP contribution in [0.15, 0.2) is 23.2 Å². The SMILES string of the molecule is CN=C(NCc1ccc(C)c(F)c1)NCc1nnc2n1CCC2. The molecule has 0 saturated carbocycles. The number of halogens is 1. The predicted octanol–water partition coefficient (Wildman–Crippen LogP) is 1.54. The van der Waals surface area contributed by atoms with Gasteiger partial charge in [-0.1, -0.05) is 12.1 Å².